The number of anilines is 2. The maximum absolute atomic E-state index is 12.1. The van der Waals surface area contributed by atoms with E-state index in [9.17, 15) is 9.32 Å². The number of carbonyl (C=O) groups is 1. The monoisotopic (exact) mass is 279 g/mol. The minimum Gasteiger partial charge on any atom is -0.353 e. The average molecular weight is 280 g/mol. The Labute approximate surface area is 114 Å². The topological polar surface area (TPSA) is 38.3 Å². The molecular weight excluding hydrogens is 269 g/mol. The fourth-order valence-electron chi connectivity index (χ4n) is 1.74. The van der Waals surface area contributed by atoms with Gasteiger partial charge in [-0.1, -0.05) is 35.9 Å². The first-order valence-corrected chi connectivity index (χ1v) is 5.95. The molecule has 2 rings (SSSR count). The molecule has 0 bridgehead atoms. The molecule has 1 N–H and O–H groups in total. The molecule has 0 aliphatic rings. The average Bonchev–Trinajstić information content (AvgIpc) is 2.42. The molecule has 0 heterocycles. The van der Waals surface area contributed by atoms with E-state index in [1.54, 1.807) is 43.3 Å². The summed E-state index contributed by atoms with van der Waals surface area (Å²) in [6.07, 6.45) is 0. The van der Waals surface area contributed by atoms with Gasteiger partial charge in [0.25, 0.3) is 0 Å². The quantitative estimate of drug-likeness (QED) is 0.903. The second kappa shape index (κ2) is 5.71. The third kappa shape index (κ3) is 2.85. The highest BCUT2D eigenvalue weighted by Gasteiger charge is 2.16. The van der Waals surface area contributed by atoms with E-state index < -0.39 is 5.97 Å². The molecule has 19 heavy (non-hydrogen) atoms. The van der Waals surface area contributed by atoms with Crippen LogP contribution in [0.15, 0.2) is 42.5 Å². The Hall–Kier alpha value is -2.07. The van der Waals surface area contributed by atoms with Gasteiger partial charge in [0.2, 0.25) is 0 Å². The van der Waals surface area contributed by atoms with E-state index in [0.29, 0.717) is 16.4 Å². The highest BCUT2D eigenvalue weighted by Crippen LogP contribution is 2.29. The Kier molecular flexibility index (Phi) is 4.02. The molecular formula is C14H11ClFNO2. The zero-order valence-electron chi connectivity index (χ0n) is 10.1. The highest BCUT2D eigenvalue weighted by atomic mass is 35.5. The molecule has 98 valence electrons. The Morgan fingerprint density at radius 2 is 1.95 bits per heavy atom. The molecule has 3 nitrogen and oxygen atoms in total. The minimum absolute atomic E-state index is 0.113. The fourth-order valence-corrected chi connectivity index (χ4v) is 1.93. The molecule has 0 fully saturated rings. The van der Waals surface area contributed by atoms with Crippen molar-refractivity contribution < 1.29 is 14.3 Å². The lowest BCUT2D eigenvalue weighted by molar-refractivity contribution is -0.0787. The van der Waals surface area contributed by atoms with Gasteiger partial charge in [-0.2, -0.15) is 0 Å². The van der Waals surface area contributed by atoms with Gasteiger partial charge in [0, 0.05) is 4.53 Å². The lowest BCUT2D eigenvalue weighted by atomic mass is 10.1. The zero-order valence-corrected chi connectivity index (χ0v) is 10.9. The van der Waals surface area contributed by atoms with E-state index in [4.69, 9.17) is 11.6 Å². The molecule has 0 aliphatic carbocycles. The van der Waals surface area contributed by atoms with Crippen molar-refractivity contribution in [2.75, 3.05) is 5.32 Å². The Balaban J connectivity index is 2.45. The van der Waals surface area contributed by atoms with Crippen molar-refractivity contribution in [1.29, 1.82) is 0 Å². The van der Waals surface area contributed by atoms with E-state index >= 15 is 0 Å². The summed E-state index contributed by atoms with van der Waals surface area (Å²) in [6.45, 7) is 1.80. The summed E-state index contributed by atoms with van der Waals surface area (Å²) >= 11 is 6.04. The van der Waals surface area contributed by atoms with Crippen molar-refractivity contribution in [2.24, 2.45) is 0 Å². The standard InChI is InChI=1S/C14H11ClFNO2/c1-9-5-4-6-10(14(18)19-16)13(9)17-12-8-3-2-7-11(12)15/h2-8,17H,1H3. The molecule has 0 spiro atoms. The van der Waals surface area contributed by atoms with Crippen LogP contribution in [0.25, 0.3) is 0 Å². The van der Waals surface area contributed by atoms with Crippen LogP contribution in [-0.4, -0.2) is 5.97 Å². The molecule has 5 heteroatoms. The van der Waals surface area contributed by atoms with Crippen molar-refractivity contribution in [3.8, 4) is 0 Å². The third-order valence-corrected chi connectivity index (χ3v) is 3.03. The Morgan fingerprint density at radius 1 is 1.21 bits per heavy atom. The van der Waals surface area contributed by atoms with Crippen molar-refractivity contribution in [3.05, 3.63) is 58.6 Å². The van der Waals surface area contributed by atoms with Crippen LogP contribution in [0.4, 0.5) is 15.9 Å². The predicted octanol–water partition coefficient (Wildman–Crippen LogP) is 4.43. The minimum atomic E-state index is -1.04. The molecule has 0 amide bonds. The number of nitrogens with one attached hydrogen (secondary N) is 1. The molecule has 0 aromatic heterocycles. The van der Waals surface area contributed by atoms with Crippen LogP contribution in [0.1, 0.15) is 15.9 Å². The summed E-state index contributed by atoms with van der Waals surface area (Å²) in [6, 6.07) is 12.0. The summed E-state index contributed by atoms with van der Waals surface area (Å²) in [4.78, 5) is 14.7. The van der Waals surface area contributed by atoms with Crippen LogP contribution in [-0.2, 0) is 4.94 Å². The molecule has 0 saturated carbocycles. The first-order chi connectivity index (χ1) is 9.13. The molecule has 0 saturated heterocycles. The van der Waals surface area contributed by atoms with E-state index in [0.717, 1.165) is 5.56 Å². The number of hydrogen-bond donors (Lipinski definition) is 1. The summed E-state index contributed by atoms with van der Waals surface area (Å²) in [5, 5.41) is 3.53. The lowest BCUT2D eigenvalue weighted by Gasteiger charge is -2.13. The van der Waals surface area contributed by atoms with Gasteiger partial charge < -0.3 is 5.32 Å². The molecule has 0 atom stereocenters. The van der Waals surface area contributed by atoms with Crippen molar-refractivity contribution >= 4 is 28.9 Å². The van der Waals surface area contributed by atoms with Crippen LogP contribution in [0, 0.1) is 6.92 Å². The van der Waals surface area contributed by atoms with Gasteiger partial charge in [-0.15, -0.1) is 0 Å². The summed E-state index contributed by atoms with van der Waals surface area (Å²) in [5.41, 5.74) is 2.00. The molecule has 0 radical (unpaired) electrons. The number of halogens is 2. The number of benzene rings is 2. The fraction of sp³-hybridized carbons (Fsp3) is 0.0714. The van der Waals surface area contributed by atoms with Crippen LogP contribution in [0.3, 0.4) is 0 Å². The first-order valence-electron chi connectivity index (χ1n) is 5.57. The number of carbonyl (C=O) groups excluding carboxylic acids is 1. The Bertz CT molecular complexity index is 616. The van der Waals surface area contributed by atoms with E-state index in [1.807, 2.05) is 0 Å². The van der Waals surface area contributed by atoms with Gasteiger partial charge in [0.05, 0.1) is 22.0 Å². The summed E-state index contributed by atoms with van der Waals surface area (Å²) in [7, 11) is 0. The molecule has 2 aromatic rings. The van der Waals surface area contributed by atoms with Crippen molar-refractivity contribution in [2.45, 2.75) is 6.92 Å². The predicted molar refractivity (Wildman–Crippen MR) is 72.4 cm³/mol. The van der Waals surface area contributed by atoms with E-state index in [-0.39, 0.29) is 5.56 Å². The Morgan fingerprint density at radius 3 is 2.63 bits per heavy atom. The van der Waals surface area contributed by atoms with Crippen LogP contribution in [0.2, 0.25) is 5.02 Å². The lowest BCUT2D eigenvalue weighted by Crippen LogP contribution is -2.05. The van der Waals surface area contributed by atoms with E-state index in [1.165, 1.54) is 6.07 Å². The summed E-state index contributed by atoms with van der Waals surface area (Å²) in [5.74, 6) is -1.04. The summed E-state index contributed by atoms with van der Waals surface area (Å²) < 4.78 is 12.1. The van der Waals surface area contributed by atoms with Crippen molar-refractivity contribution in [3.63, 3.8) is 0 Å². The second-order valence-electron chi connectivity index (χ2n) is 3.97. The van der Waals surface area contributed by atoms with Gasteiger partial charge in [0.15, 0.2) is 0 Å². The second-order valence-corrected chi connectivity index (χ2v) is 4.37. The highest BCUT2D eigenvalue weighted by molar-refractivity contribution is 6.33. The third-order valence-electron chi connectivity index (χ3n) is 2.70. The largest absolute Gasteiger partial charge is 0.381 e. The van der Waals surface area contributed by atoms with Crippen LogP contribution in [0.5, 0.6) is 0 Å². The number of rotatable bonds is 3. The van der Waals surface area contributed by atoms with Crippen LogP contribution < -0.4 is 5.32 Å². The molecule has 0 aliphatic heterocycles. The number of hydrogen-bond acceptors (Lipinski definition) is 3. The van der Waals surface area contributed by atoms with Gasteiger partial charge in [-0.3, -0.25) is 0 Å². The maximum Gasteiger partial charge on any atom is 0.381 e. The van der Waals surface area contributed by atoms with Gasteiger partial charge in [-0.05, 0) is 30.7 Å². The van der Waals surface area contributed by atoms with Crippen LogP contribution >= 0.6 is 11.6 Å². The molecule has 2 aromatic carbocycles. The number of para-hydroxylation sites is 2. The maximum atomic E-state index is 12.1. The smallest absolute Gasteiger partial charge is 0.353 e. The first kappa shape index (κ1) is 13.4. The van der Waals surface area contributed by atoms with E-state index in [2.05, 4.69) is 10.3 Å². The van der Waals surface area contributed by atoms with Gasteiger partial charge in [0.1, 0.15) is 0 Å². The van der Waals surface area contributed by atoms with Gasteiger partial charge in [-0.25, -0.2) is 9.74 Å². The van der Waals surface area contributed by atoms with Crippen molar-refractivity contribution in [1.82, 2.24) is 0 Å². The normalized spacial score (nSPS) is 10.1. The SMILES string of the molecule is Cc1cccc(C(=O)OF)c1Nc1ccccc1Cl. The zero-order chi connectivity index (χ0) is 13.8. The number of aryl methyl sites for hydroxylation is 1. The van der Waals surface area contributed by atoms with Gasteiger partial charge >= 0.3 is 5.97 Å². The molecule has 0 unspecified atom stereocenters.